The number of rotatable bonds is 9. The van der Waals surface area contributed by atoms with E-state index in [9.17, 15) is 14.4 Å². The smallest absolute Gasteiger partial charge is 0.331 e. The van der Waals surface area contributed by atoms with Crippen LogP contribution in [-0.2, 0) is 14.4 Å². The van der Waals surface area contributed by atoms with Crippen molar-refractivity contribution in [1.29, 1.82) is 0 Å². The van der Waals surface area contributed by atoms with Crippen molar-refractivity contribution in [1.82, 2.24) is 15.1 Å². The van der Waals surface area contributed by atoms with E-state index in [1.807, 2.05) is 53.6 Å². The molecule has 0 radical (unpaired) electrons. The maximum Gasteiger partial charge on any atom is 0.331 e. The number of hydrogen-bond acceptors (Lipinski definition) is 4. The van der Waals surface area contributed by atoms with Crippen LogP contribution in [-0.4, -0.2) is 72.0 Å². The maximum absolute atomic E-state index is 13.1. The zero-order valence-electron chi connectivity index (χ0n) is 18.3. The third kappa shape index (κ3) is 6.34. The second-order valence-electron chi connectivity index (χ2n) is 8.32. The van der Waals surface area contributed by atoms with E-state index in [0.29, 0.717) is 12.8 Å². The van der Waals surface area contributed by atoms with E-state index >= 15 is 0 Å². The SMILES string of the molecule is CCC(CC)(C(=O)NC(C(=O)N(C)C/C=C(\C)C(=O)O)C(C)(C)C)N(C)C. The first-order valence-electron chi connectivity index (χ1n) is 9.38. The van der Waals surface area contributed by atoms with Gasteiger partial charge in [-0.15, -0.1) is 0 Å². The molecule has 0 aliphatic heterocycles. The number of likely N-dealkylation sites (N-methyl/N-ethyl adjacent to an activating group) is 2. The van der Waals surface area contributed by atoms with Crippen LogP contribution in [0.4, 0.5) is 0 Å². The number of carboxylic acids is 1. The molecule has 7 nitrogen and oxygen atoms in total. The summed E-state index contributed by atoms with van der Waals surface area (Å²) >= 11 is 0. The average molecular weight is 384 g/mol. The molecule has 0 aliphatic carbocycles. The van der Waals surface area contributed by atoms with Gasteiger partial charge in [0.25, 0.3) is 0 Å². The highest BCUT2D eigenvalue weighted by molar-refractivity contribution is 5.92. The Kier molecular flexibility index (Phi) is 9.18. The highest BCUT2D eigenvalue weighted by atomic mass is 16.4. The van der Waals surface area contributed by atoms with Gasteiger partial charge in [-0.05, 0) is 39.3 Å². The van der Waals surface area contributed by atoms with Gasteiger partial charge in [-0.1, -0.05) is 40.7 Å². The van der Waals surface area contributed by atoms with Gasteiger partial charge in [0.15, 0.2) is 0 Å². The molecule has 0 heterocycles. The van der Waals surface area contributed by atoms with Gasteiger partial charge >= 0.3 is 5.97 Å². The second-order valence-corrected chi connectivity index (χ2v) is 8.32. The summed E-state index contributed by atoms with van der Waals surface area (Å²) in [5.74, 6) is -1.43. The van der Waals surface area contributed by atoms with Crippen LogP contribution >= 0.6 is 0 Å². The molecule has 0 aromatic rings. The van der Waals surface area contributed by atoms with Gasteiger partial charge in [-0.3, -0.25) is 14.5 Å². The summed E-state index contributed by atoms with van der Waals surface area (Å²) in [6.07, 6.45) is 2.75. The van der Waals surface area contributed by atoms with Crippen molar-refractivity contribution in [3.05, 3.63) is 11.6 Å². The van der Waals surface area contributed by atoms with Crippen LogP contribution in [0.15, 0.2) is 11.6 Å². The number of aliphatic carboxylic acids is 1. The van der Waals surface area contributed by atoms with E-state index < -0.39 is 23.0 Å². The van der Waals surface area contributed by atoms with E-state index in [1.54, 1.807) is 7.05 Å². The first-order chi connectivity index (χ1) is 12.2. The summed E-state index contributed by atoms with van der Waals surface area (Å²) in [4.78, 5) is 40.4. The minimum Gasteiger partial charge on any atom is -0.478 e. The Balaban J connectivity index is 5.58. The summed E-state index contributed by atoms with van der Waals surface area (Å²) in [5.41, 5.74) is -0.997. The lowest BCUT2D eigenvalue weighted by Gasteiger charge is -2.40. The zero-order chi connectivity index (χ0) is 21.6. The summed E-state index contributed by atoms with van der Waals surface area (Å²) in [6.45, 7) is 11.3. The molecule has 27 heavy (non-hydrogen) atoms. The minimum absolute atomic E-state index is 0.166. The van der Waals surface area contributed by atoms with Crippen LogP contribution in [0.2, 0.25) is 0 Å². The number of nitrogens with one attached hydrogen (secondary N) is 1. The van der Waals surface area contributed by atoms with Crippen molar-refractivity contribution in [3.8, 4) is 0 Å². The lowest BCUT2D eigenvalue weighted by atomic mass is 9.83. The molecule has 0 spiro atoms. The molecule has 7 heteroatoms. The van der Waals surface area contributed by atoms with Gasteiger partial charge in [-0.25, -0.2) is 4.79 Å². The molecular formula is C20H37N3O4. The highest BCUT2D eigenvalue weighted by Crippen LogP contribution is 2.26. The van der Waals surface area contributed by atoms with Crippen LogP contribution in [0.5, 0.6) is 0 Å². The predicted octanol–water partition coefficient (Wildman–Crippen LogP) is 2.13. The topological polar surface area (TPSA) is 90.0 Å². The summed E-state index contributed by atoms with van der Waals surface area (Å²) in [7, 11) is 5.34. The molecule has 0 rings (SSSR count). The fourth-order valence-corrected chi connectivity index (χ4v) is 2.99. The second kappa shape index (κ2) is 9.88. The Morgan fingerprint density at radius 3 is 1.89 bits per heavy atom. The molecule has 156 valence electrons. The standard InChI is InChI=1S/C20H37N3O4/c1-10-20(11-2,22(7)8)18(27)21-15(19(4,5)6)16(24)23(9)13-12-14(3)17(25)26/h12,15H,10-11,13H2,1-9H3,(H,21,27)(H,25,26)/b14-12+. The molecule has 0 saturated carbocycles. The molecule has 0 bridgehead atoms. The Morgan fingerprint density at radius 2 is 1.56 bits per heavy atom. The molecule has 0 aliphatic rings. The Morgan fingerprint density at radius 1 is 1.07 bits per heavy atom. The molecular weight excluding hydrogens is 346 g/mol. The normalized spacial score (nSPS) is 14.1. The van der Waals surface area contributed by atoms with Crippen LogP contribution < -0.4 is 5.32 Å². The van der Waals surface area contributed by atoms with Gasteiger partial charge in [0.2, 0.25) is 11.8 Å². The fourth-order valence-electron chi connectivity index (χ4n) is 2.99. The van der Waals surface area contributed by atoms with Crippen LogP contribution in [0, 0.1) is 5.41 Å². The number of nitrogens with zero attached hydrogens (tertiary/aromatic N) is 2. The van der Waals surface area contributed by atoms with Crippen LogP contribution in [0.25, 0.3) is 0 Å². The largest absolute Gasteiger partial charge is 0.478 e. The van der Waals surface area contributed by atoms with Gasteiger partial charge in [0.1, 0.15) is 6.04 Å². The Hall–Kier alpha value is -1.89. The number of carbonyl (C=O) groups excluding carboxylic acids is 2. The third-order valence-corrected chi connectivity index (χ3v) is 5.22. The quantitative estimate of drug-likeness (QED) is 0.595. The lowest BCUT2D eigenvalue weighted by Crippen LogP contribution is -2.62. The molecule has 1 atom stereocenters. The van der Waals surface area contributed by atoms with E-state index in [2.05, 4.69) is 5.32 Å². The average Bonchev–Trinajstić information content (AvgIpc) is 2.56. The molecule has 0 aromatic carbocycles. The summed E-state index contributed by atoms with van der Waals surface area (Å²) < 4.78 is 0. The highest BCUT2D eigenvalue weighted by Gasteiger charge is 2.42. The van der Waals surface area contributed by atoms with Gasteiger partial charge in [-0.2, -0.15) is 0 Å². The monoisotopic (exact) mass is 383 g/mol. The van der Waals surface area contributed by atoms with Gasteiger partial charge in [0, 0.05) is 19.2 Å². The molecule has 1 unspecified atom stereocenters. The number of carboxylic acid groups (broad SMARTS) is 1. The number of carbonyl (C=O) groups is 3. The molecule has 0 aromatic heterocycles. The molecule has 0 saturated heterocycles. The number of hydrogen-bond donors (Lipinski definition) is 2. The van der Waals surface area contributed by atoms with Gasteiger partial charge in [0.05, 0.1) is 5.54 Å². The maximum atomic E-state index is 13.1. The van der Waals surface area contributed by atoms with E-state index in [0.717, 1.165) is 0 Å². The van der Waals surface area contributed by atoms with Crippen molar-refractivity contribution in [2.24, 2.45) is 5.41 Å². The van der Waals surface area contributed by atoms with Crippen molar-refractivity contribution in [3.63, 3.8) is 0 Å². The van der Waals surface area contributed by atoms with Crippen molar-refractivity contribution in [2.75, 3.05) is 27.7 Å². The van der Waals surface area contributed by atoms with Crippen LogP contribution in [0.3, 0.4) is 0 Å². The first kappa shape index (κ1) is 25.1. The zero-order valence-corrected chi connectivity index (χ0v) is 18.3. The number of amides is 2. The van der Waals surface area contributed by atoms with Gasteiger partial charge < -0.3 is 15.3 Å². The molecule has 2 N–H and O–H groups in total. The van der Waals surface area contributed by atoms with E-state index in [1.165, 1.54) is 17.9 Å². The summed E-state index contributed by atoms with van der Waals surface area (Å²) in [5, 5.41) is 11.9. The van der Waals surface area contributed by atoms with E-state index in [4.69, 9.17) is 5.11 Å². The van der Waals surface area contributed by atoms with E-state index in [-0.39, 0.29) is 23.9 Å². The van der Waals surface area contributed by atoms with Crippen molar-refractivity contribution >= 4 is 17.8 Å². The minimum atomic E-state index is -1.02. The molecule has 2 amide bonds. The predicted molar refractivity (Wildman–Crippen MR) is 107 cm³/mol. The molecule has 0 fully saturated rings. The van der Waals surface area contributed by atoms with Crippen molar-refractivity contribution in [2.45, 2.75) is 66.0 Å². The fraction of sp³-hybridized carbons (Fsp3) is 0.750. The Bertz CT molecular complexity index is 572. The van der Waals surface area contributed by atoms with Crippen molar-refractivity contribution < 1.29 is 19.5 Å². The first-order valence-corrected chi connectivity index (χ1v) is 9.38. The third-order valence-electron chi connectivity index (χ3n) is 5.22. The Labute approximate surface area is 163 Å². The van der Waals surface area contributed by atoms with Crippen LogP contribution in [0.1, 0.15) is 54.4 Å². The summed E-state index contributed by atoms with van der Waals surface area (Å²) in [6, 6.07) is -0.717. The lowest BCUT2D eigenvalue weighted by molar-refractivity contribution is -0.142.